The third kappa shape index (κ3) is 3.26. The molecule has 0 spiro atoms. The van der Waals surface area contributed by atoms with Gasteiger partial charge in [0.1, 0.15) is 0 Å². The Morgan fingerprint density at radius 1 is 1.13 bits per heavy atom. The molecule has 0 saturated carbocycles. The Balaban J connectivity index is 2.82. The monoisotopic (exact) mass is 358 g/mol. The van der Waals surface area contributed by atoms with Crippen molar-refractivity contribution in [1.29, 1.82) is 0 Å². The molecule has 0 aliphatic rings. The lowest BCUT2D eigenvalue weighted by Crippen LogP contribution is -2.16. The Morgan fingerprint density at radius 2 is 1.74 bits per heavy atom. The predicted octanol–water partition coefficient (Wildman–Crippen LogP) is 4.26. The maximum absolute atomic E-state index is 13.0. The van der Waals surface area contributed by atoms with Gasteiger partial charge < -0.3 is 5.11 Å². The van der Waals surface area contributed by atoms with Crippen LogP contribution in [0.3, 0.4) is 0 Å². The van der Waals surface area contributed by atoms with Crippen LogP contribution in [0.25, 0.3) is 5.69 Å². The molecule has 1 aromatic carbocycles. The number of halogens is 7. The second-order valence-corrected chi connectivity index (χ2v) is 4.67. The highest BCUT2D eigenvalue weighted by Crippen LogP contribution is 2.38. The number of benzene rings is 1. The normalized spacial score (nSPS) is 12.5. The molecule has 1 aromatic heterocycles. The molecular formula is C12H5ClF6N2O2. The van der Waals surface area contributed by atoms with E-state index < -0.39 is 46.0 Å². The Hall–Kier alpha value is -2.23. The van der Waals surface area contributed by atoms with E-state index in [9.17, 15) is 31.1 Å². The number of aromatic nitrogens is 2. The zero-order chi connectivity index (χ0) is 17.6. The van der Waals surface area contributed by atoms with E-state index in [4.69, 9.17) is 16.7 Å². The van der Waals surface area contributed by atoms with Crippen LogP contribution in [-0.4, -0.2) is 20.9 Å². The van der Waals surface area contributed by atoms with Gasteiger partial charge in [-0.05, 0) is 12.1 Å². The molecule has 0 amide bonds. The number of carbonyl (C=O) groups is 1. The Labute approximate surface area is 128 Å². The van der Waals surface area contributed by atoms with Gasteiger partial charge in [0, 0.05) is 6.07 Å². The summed E-state index contributed by atoms with van der Waals surface area (Å²) >= 11 is 5.64. The van der Waals surface area contributed by atoms with Crippen molar-refractivity contribution < 1.29 is 36.2 Å². The molecule has 11 heteroatoms. The highest BCUT2D eigenvalue weighted by molar-refractivity contribution is 6.32. The number of para-hydroxylation sites is 1. The van der Waals surface area contributed by atoms with Crippen molar-refractivity contribution in [3.63, 3.8) is 0 Å². The van der Waals surface area contributed by atoms with Gasteiger partial charge in [-0.1, -0.05) is 17.7 Å². The first-order valence-corrected chi connectivity index (χ1v) is 6.07. The molecule has 0 atom stereocenters. The number of hydrogen-bond acceptors (Lipinski definition) is 2. The molecule has 2 aromatic rings. The quantitative estimate of drug-likeness (QED) is 0.816. The van der Waals surface area contributed by atoms with Crippen molar-refractivity contribution >= 4 is 17.6 Å². The van der Waals surface area contributed by atoms with Crippen LogP contribution in [0.5, 0.6) is 0 Å². The minimum Gasteiger partial charge on any atom is -0.477 e. The van der Waals surface area contributed by atoms with Crippen molar-refractivity contribution in [2.45, 2.75) is 12.4 Å². The molecule has 0 fully saturated rings. The van der Waals surface area contributed by atoms with E-state index >= 15 is 0 Å². The standard InChI is InChI=1S/C12H5ClF6N2O2/c13-6-3-1-2-5(11(14,15)16)9(6)21-7(10(22)23)4-8(20-21)12(17,18)19/h1-4H,(H,22,23). The summed E-state index contributed by atoms with van der Waals surface area (Å²) in [4.78, 5) is 11.1. The second kappa shape index (κ2) is 5.44. The van der Waals surface area contributed by atoms with Gasteiger partial charge in [-0.2, -0.15) is 31.4 Å². The average molecular weight is 359 g/mol. The first kappa shape index (κ1) is 17.1. The number of nitrogens with zero attached hydrogens (tertiary/aromatic N) is 2. The highest BCUT2D eigenvalue weighted by atomic mass is 35.5. The molecule has 0 aliphatic heterocycles. The molecule has 0 bridgehead atoms. The zero-order valence-corrected chi connectivity index (χ0v) is 11.5. The third-order valence-corrected chi connectivity index (χ3v) is 3.03. The van der Waals surface area contributed by atoms with Crippen molar-refractivity contribution in [2.75, 3.05) is 0 Å². The summed E-state index contributed by atoms with van der Waals surface area (Å²) in [6, 6.07) is 2.60. The summed E-state index contributed by atoms with van der Waals surface area (Å²) in [5.41, 5.74) is -5.15. The molecule has 1 N–H and O–H groups in total. The first-order valence-electron chi connectivity index (χ1n) is 5.69. The molecular weight excluding hydrogens is 354 g/mol. The van der Waals surface area contributed by atoms with Crippen molar-refractivity contribution in [3.8, 4) is 5.69 Å². The minimum absolute atomic E-state index is 0.0241. The molecule has 23 heavy (non-hydrogen) atoms. The smallest absolute Gasteiger partial charge is 0.435 e. The van der Waals surface area contributed by atoms with Gasteiger partial charge in [0.05, 0.1) is 16.3 Å². The second-order valence-electron chi connectivity index (χ2n) is 4.26. The van der Waals surface area contributed by atoms with Crippen LogP contribution in [0.4, 0.5) is 26.3 Å². The molecule has 0 aliphatic carbocycles. The van der Waals surface area contributed by atoms with Gasteiger partial charge in [-0.15, -0.1) is 0 Å². The van der Waals surface area contributed by atoms with Gasteiger partial charge in [0.25, 0.3) is 0 Å². The number of carboxylic acid groups (broad SMARTS) is 1. The zero-order valence-electron chi connectivity index (χ0n) is 10.7. The molecule has 124 valence electrons. The number of rotatable bonds is 2. The summed E-state index contributed by atoms with van der Waals surface area (Å²) in [6.45, 7) is 0. The number of aromatic carboxylic acids is 1. The highest BCUT2D eigenvalue weighted by Gasteiger charge is 2.39. The summed E-state index contributed by atoms with van der Waals surface area (Å²) < 4.78 is 77.1. The third-order valence-electron chi connectivity index (χ3n) is 2.72. The summed E-state index contributed by atoms with van der Waals surface area (Å²) in [7, 11) is 0. The van der Waals surface area contributed by atoms with Crippen LogP contribution in [-0.2, 0) is 12.4 Å². The van der Waals surface area contributed by atoms with Crippen LogP contribution in [0, 0.1) is 0 Å². The van der Waals surface area contributed by atoms with Crippen molar-refractivity contribution in [2.24, 2.45) is 0 Å². The SMILES string of the molecule is O=C(O)c1cc(C(F)(F)F)nn1-c1c(Cl)cccc1C(F)(F)F. The molecule has 1 heterocycles. The molecule has 0 unspecified atom stereocenters. The molecule has 4 nitrogen and oxygen atoms in total. The van der Waals surface area contributed by atoms with Gasteiger partial charge in [-0.3, -0.25) is 0 Å². The van der Waals surface area contributed by atoms with Crippen LogP contribution < -0.4 is 0 Å². The maximum atomic E-state index is 13.0. The first-order chi connectivity index (χ1) is 10.4. The van der Waals surface area contributed by atoms with E-state index in [-0.39, 0.29) is 10.7 Å². The van der Waals surface area contributed by atoms with Crippen LogP contribution in [0.1, 0.15) is 21.7 Å². The summed E-state index contributed by atoms with van der Waals surface area (Å²) in [6.07, 6.45) is -10.0. The van der Waals surface area contributed by atoms with E-state index in [0.29, 0.717) is 6.07 Å². The molecule has 2 rings (SSSR count). The van der Waals surface area contributed by atoms with Crippen molar-refractivity contribution in [3.05, 3.63) is 46.2 Å². The fourth-order valence-electron chi connectivity index (χ4n) is 1.80. The Kier molecular flexibility index (Phi) is 4.05. The van der Waals surface area contributed by atoms with Gasteiger partial charge in [0.15, 0.2) is 11.4 Å². The van der Waals surface area contributed by atoms with E-state index in [1.165, 1.54) is 0 Å². The Morgan fingerprint density at radius 3 is 2.22 bits per heavy atom. The fraction of sp³-hybridized carbons (Fsp3) is 0.167. The van der Waals surface area contributed by atoms with Gasteiger partial charge >= 0.3 is 18.3 Å². The average Bonchev–Trinajstić information content (AvgIpc) is 2.82. The largest absolute Gasteiger partial charge is 0.477 e. The number of carboxylic acids is 1. The fourth-order valence-corrected chi connectivity index (χ4v) is 2.06. The van der Waals surface area contributed by atoms with E-state index in [0.717, 1.165) is 12.1 Å². The lowest BCUT2D eigenvalue weighted by atomic mass is 10.1. The predicted molar refractivity (Wildman–Crippen MR) is 65.5 cm³/mol. The maximum Gasteiger partial charge on any atom is 0.435 e. The minimum atomic E-state index is -5.03. The molecule has 0 saturated heterocycles. The Bertz CT molecular complexity index is 766. The summed E-state index contributed by atoms with van der Waals surface area (Å²) in [5.74, 6) is -1.89. The molecule has 0 radical (unpaired) electrons. The lowest BCUT2D eigenvalue weighted by Gasteiger charge is -2.15. The number of alkyl halides is 6. The van der Waals surface area contributed by atoms with E-state index in [2.05, 4.69) is 5.10 Å². The van der Waals surface area contributed by atoms with Crippen LogP contribution in [0.15, 0.2) is 24.3 Å². The van der Waals surface area contributed by atoms with E-state index in [1.54, 1.807) is 0 Å². The van der Waals surface area contributed by atoms with Crippen molar-refractivity contribution in [1.82, 2.24) is 9.78 Å². The van der Waals surface area contributed by atoms with Crippen LogP contribution in [0.2, 0.25) is 5.02 Å². The lowest BCUT2D eigenvalue weighted by molar-refractivity contribution is -0.141. The topological polar surface area (TPSA) is 55.1 Å². The van der Waals surface area contributed by atoms with Gasteiger partial charge in [-0.25, -0.2) is 9.48 Å². The summed E-state index contributed by atoms with van der Waals surface area (Å²) in [5, 5.41) is 11.3. The van der Waals surface area contributed by atoms with E-state index in [1.807, 2.05) is 0 Å². The number of hydrogen-bond donors (Lipinski definition) is 1. The van der Waals surface area contributed by atoms with Crippen LogP contribution >= 0.6 is 11.6 Å². The van der Waals surface area contributed by atoms with Gasteiger partial charge in [0.2, 0.25) is 0 Å².